The van der Waals surface area contributed by atoms with Crippen LogP contribution in [0.25, 0.3) is 0 Å². The second-order valence-corrected chi connectivity index (χ2v) is 6.60. The zero-order chi connectivity index (χ0) is 19.1. The van der Waals surface area contributed by atoms with Gasteiger partial charge in [0.15, 0.2) is 0 Å². The van der Waals surface area contributed by atoms with Gasteiger partial charge in [-0.15, -0.1) is 12.4 Å². The zero-order valence-corrected chi connectivity index (χ0v) is 16.8. The van der Waals surface area contributed by atoms with Gasteiger partial charge in [0.2, 0.25) is 0 Å². The molecule has 1 aliphatic rings. The Morgan fingerprint density at radius 2 is 1.64 bits per heavy atom. The van der Waals surface area contributed by atoms with Crippen LogP contribution in [0.1, 0.15) is 10.4 Å². The molecule has 1 atom stereocenters. The monoisotopic (exact) mass is 406 g/mol. The Labute approximate surface area is 172 Å². The third-order valence-electron chi connectivity index (χ3n) is 4.65. The highest BCUT2D eigenvalue weighted by Crippen LogP contribution is 2.15. The fourth-order valence-electron chi connectivity index (χ4n) is 3.11. The molecule has 1 heterocycles. The maximum atomic E-state index is 12.6. The number of methoxy groups -OCH3 is 1. The highest BCUT2D eigenvalue weighted by atomic mass is 35.5. The minimum atomic E-state index is -0.561. The van der Waals surface area contributed by atoms with Crippen molar-refractivity contribution < 1.29 is 19.4 Å². The van der Waals surface area contributed by atoms with E-state index in [1.807, 2.05) is 35.2 Å². The predicted molar refractivity (Wildman–Crippen MR) is 111 cm³/mol. The smallest absolute Gasteiger partial charge is 0.253 e. The first kappa shape index (κ1) is 22.0. The molecule has 7 heteroatoms. The number of aliphatic hydroxyl groups excluding tert-OH is 1. The second kappa shape index (κ2) is 10.9. The molecule has 1 amide bonds. The molecule has 0 bridgehead atoms. The quantitative estimate of drug-likeness (QED) is 0.764. The standard InChI is InChI=1S/C21H26N2O4.ClH/c1-26-19-9-7-17(8-10-19)21(25)23-13-11-22(12-14-23)15-18(24)16-27-20-5-3-2-4-6-20;/h2-10,18,24H,11-16H2,1H3;1H. The summed E-state index contributed by atoms with van der Waals surface area (Å²) >= 11 is 0. The molecule has 28 heavy (non-hydrogen) atoms. The minimum absolute atomic E-state index is 0. The van der Waals surface area contributed by atoms with Gasteiger partial charge in [0.25, 0.3) is 5.91 Å². The Kier molecular flexibility index (Phi) is 8.57. The van der Waals surface area contributed by atoms with Crippen LogP contribution in [0.3, 0.4) is 0 Å². The van der Waals surface area contributed by atoms with Crippen molar-refractivity contribution in [3.05, 3.63) is 60.2 Å². The van der Waals surface area contributed by atoms with Crippen molar-refractivity contribution in [2.45, 2.75) is 6.10 Å². The van der Waals surface area contributed by atoms with E-state index in [9.17, 15) is 9.90 Å². The highest BCUT2D eigenvalue weighted by molar-refractivity contribution is 5.94. The van der Waals surface area contributed by atoms with Gasteiger partial charge in [-0.1, -0.05) is 18.2 Å². The molecule has 152 valence electrons. The molecular formula is C21H27ClN2O4. The lowest BCUT2D eigenvalue weighted by Crippen LogP contribution is -2.50. The molecular weight excluding hydrogens is 380 g/mol. The van der Waals surface area contributed by atoms with Crippen LogP contribution in [-0.4, -0.2) is 73.4 Å². The van der Waals surface area contributed by atoms with Gasteiger partial charge in [0.1, 0.15) is 24.2 Å². The summed E-state index contributed by atoms with van der Waals surface area (Å²) in [5.41, 5.74) is 0.667. The molecule has 1 fully saturated rings. The Morgan fingerprint density at radius 3 is 2.25 bits per heavy atom. The topological polar surface area (TPSA) is 62.2 Å². The maximum absolute atomic E-state index is 12.6. The maximum Gasteiger partial charge on any atom is 0.253 e. The van der Waals surface area contributed by atoms with Crippen molar-refractivity contribution in [2.75, 3.05) is 46.4 Å². The summed E-state index contributed by atoms with van der Waals surface area (Å²) < 4.78 is 10.7. The Bertz CT molecular complexity index is 719. The molecule has 0 saturated carbocycles. The van der Waals surface area contributed by atoms with Crippen molar-refractivity contribution in [3.63, 3.8) is 0 Å². The minimum Gasteiger partial charge on any atom is -0.497 e. The van der Waals surface area contributed by atoms with Gasteiger partial charge in [-0.25, -0.2) is 0 Å². The van der Waals surface area contributed by atoms with Gasteiger partial charge < -0.3 is 19.5 Å². The number of halogens is 1. The van der Waals surface area contributed by atoms with Crippen molar-refractivity contribution in [3.8, 4) is 11.5 Å². The van der Waals surface area contributed by atoms with Crippen molar-refractivity contribution >= 4 is 18.3 Å². The molecule has 0 radical (unpaired) electrons. The molecule has 0 aromatic heterocycles. The summed E-state index contributed by atoms with van der Waals surface area (Å²) in [6.07, 6.45) is -0.561. The highest BCUT2D eigenvalue weighted by Gasteiger charge is 2.23. The number of β-amino-alcohol motifs (C(OH)–C–C–N with tert-alkyl or cyclic N) is 1. The number of amides is 1. The summed E-state index contributed by atoms with van der Waals surface area (Å²) in [5.74, 6) is 1.53. The number of ether oxygens (including phenoxy) is 2. The summed E-state index contributed by atoms with van der Waals surface area (Å²) in [6, 6.07) is 16.7. The van der Waals surface area contributed by atoms with Gasteiger partial charge in [-0.05, 0) is 36.4 Å². The number of aliphatic hydroxyl groups is 1. The SMILES string of the molecule is COc1ccc(C(=O)N2CCN(CC(O)COc3ccccc3)CC2)cc1.Cl. The summed E-state index contributed by atoms with van der Waals surface area (Å²) in [6.45, 7) is 3.58. The van der Waals surface area contributed by atoms with Crippen LogP contribution in [0.5, 0.6) is 11.5 Å². The average molecular weight is 407 g/mol. The van der Waals surface area contributed by atoms with Crippen LogP contribution in [-0.2, 0) is 0 Å². The number of piperazine rings is 1. The summed E-state index contributed by atoms with van der Waals surface area (Å²) in [4.78, 5) is 16.6. The van der Waals surface area contributed by atoms with Crippen molar-refractivity contribution in [1.29, 1.82) is 0 Å². The van der Waals surface area contributed by atoms with E-state index in [0.717, 1.165) is 24.6 Å². The van der Waals surface area contributed by atoms with Crippen LogP contribution < -0.4 is 9.47 Å². The lowest BCUT2D eigenvalue weighted by Gasteiger charge is -2.35. The van der Waals surface area contributed by atoms with Crippen LogP contribution >= 0.6 is 12.4 Å². The van der Waals surface area contributed by atoms with Crippen LogP contribution in [0.2, 0.25) is 0 Å². The first-order chi connectivity index (χ1) is 13.2. The number of benzene rings is 2. The fourth-order valence-corrected chi connectivity index (χ4v) is 3.11. The van der Waals surface area contributed by atoms with E-state index in [4.69, 9.17) is 9.47 Å². The molecule has 3 rings (SSSR count). The average Bonchev–Trinajstić information content (AvgIpc) is 2.73. The third kappa shape index (κ3) is 6.12. The van der Waals surface area contributed by atoms with E-state index in [2.05, 4.69) is 4.90 Å². The van der Waals surface area contributed by atoms with E-state index < -0.39 is 6.10 Å². The van der Waals surface area contributed by atoms with E-state index in [1.54, 1.807) is 31.4 Å². The first-order valence-electron chi connectivity index (χ1n) is 9.17. The van der Waals surface area contributed by atoms with Gasteiger partial charge in [-0.3, -0.25) is 9.69 Å². The first-order valence-corrected chi connectivity index (χ1v) is 9.17. The van der Waals surface area contributed by atoms with E-state index in [0.29, 0.717) is 25.2 Å². The van der Waals surface area contributed by atoms with Crippen molar-refractivity contribution in [2.24, 2.45) is 0 Å². The normalized spacial score (nSPS) is 15.4. The number of para-hydroxylation sites is 1. The molecule has 2 aromatic carbocycles. The van der Waals surface area contributed by atoms with Crippen LogP contribution in [0.15, 0.2) is 54.6 Å². The number of rotatable bonds is 7. The molecule has 2 aromatic rings. The molecule has 1 N–H and O–H groups in total. The van der Waals surface area contributed by atoms with Gasteiger partial charge in [0.05, 0.1) is 7.11 Å². The molecule has 1 aliphatic heterocycles. The molecule has 0 spiro atoms. The predicted octanol–water partition coefficient (Wildman–Crippen LogP) is 2.31. The number of carbonyl (C=O) groups excluding carboxylic acids is 1. The Hall–Kier alpha value is -2.28. The van der Waals surface area contributed by atoms with Crippen LogP contribution in [0.4, 0.5) is 0 Å². The van der Waals surface area contributed by atoms with E-state index in [1.165, 1.54) is 0 Å². The number of carbonyl (C=O) groups is 1. The van der Waals surface area contributed by atoms with E-state index >= 15 is 0 Å². The van der Waals surface area contributed by atoms with Gasteiger partial charge in [-0.2, -0.15) is 0 Å². The zero-order valence-electron chi connectivity index (χ0n) is 16.0. The number of hydrogen-bond acceptors (Lipinski definition) is 5. The Morgan fingerprint density at radius 1 is 1.00 bits per heavy atom. The largest absolute Gasteiger partial charge is 0.497 e. The molecule has 1 unspecified atom stereocenters. The Balaban J connectivity index is 0.00000280. The molecule has 0 aliphatic carbocycles. The fraction of sp³-hybridized carbons (Fsp3) is 0.381. The van der Waals surface area contributed by atoms with E-state index in [-0.39, 0.29) is 24.9 Å². The number of hydrogen-bond donors (Lipinski definition) is 1. The second-order valence-electron chi connectivity index (χ2n) is 6.60. The van der Waals surface area contributed by atoms with Gasteiger partial charge in [0, 0.05) is 38.3 Å². The van der Waals surface area contributed by atoms with Crippen LogP contribution in [0, 0.1) is 0 Å². The lowest BCUT2D eigenvalue weighted by molar-refractivity contribution is 0.0403. The molecule has 1 saturated heterocycles. The molecule has 6 nitrogen and oxygen atoms in total. The summed E-state index contributed by atoms with van der Waals surface area (Å²) in [5, 5.41) is 10.2. The van der Waals surface area contributed by atoms with Gasteiger partial charge >= 0.3 is 0 Å². The number of nitrogens with zero attached hydrogens (tertiary/aromatic N) is 2. The summed E-state index contributed by atoms with van der Waals surface area (Å²) in [7, 11) is 1.61. The third-order valence-corrected chi connectivity index (χ3v) is 4.65. The lowest BCUT2D eigenvalue weighted by atomic mass is 10.1. The van der Waals surface area contributed by atoms with Crippen molar-refractivity contribution in [1.82, 2.24) is 9.80 Å².